The molecule has 2 aromatic rings. The molecular weight excluding hydrogens is 461 g/mol. The summed E-state index contributed by atoms with van der Waals surface area (Å²) in [5, 5.41) is 5.61. The van der Waals surface area contributed by atoms with Crippen LogP contribution in [0.3, 0.4) is 0 Å². The standard InChI is InChI=1S/C25H23ClFN3O4/c26-19-11-16(27)5-7-18(19)22(13-2-1-3-13)29-23(32)14-4-6-17-15(10-14)12-30(25(17)34)20-8-9-21(31)28-24(20)33/h4-7,10-11,13,20,22H,1-3,8-9,12H2,(H,29,32)(H,28,31,33)/t20-,22-/m0/s1. The number of benzene rings is 2. The van der Waals surface area contributed by atoms with Crippen LogP contribution in [-0.4, -0.2) is 34.6 Å². The Morgan fingerprint density at radius 3 is 2.59 bits per heavy atom. The minimum atomic E-state index is -0.710. The highest BCUT2D eigenvalue weighted by Gasteiger charge is 2.39. The van der Waals surface area contributed by atoms with Crippen LogP contribution in [0.2, 0.25) is 5.02 Å². The first-order valence-electron chi connectivity index (χ1n) is 11.3. The number of hydrogen-bond acceptors (Lipinski definition) is 4. The summed E-state index contributed by atoms with van der Waals surface area (Å²) >= 11 is 6.29. The second-order valence-electron chi connectivity index (χ2n) is 9.08. The van der Waals surface area contributed by atoms with E-state index in [0.29, 0.717) is 22.3 Å². The Bertz CT molecular complexity index is 1210. The molecule has 2 aromatic carbocycles. The van der Waals surface area contributed by atoms with Crippen molar-refractivity contribution in [3.05, 3.63) is 69.5 Å². The Labute approximate surface area is 200 Å². The van der Waals surface area contributed by atoms with E-state index in [0.717, 1.165) is 19.3 Å². The summed E-state index contributed by atoms with van der Waals surface area (Å²) in [4.78, 5) is 51.2. The van der Waals surface area contributed by atoms with E-state index in [-0.39, 0.29) is 54.1 Å². The van der Waals surface area contributed by atoms with E-state index in [1.165, 1.54) is 17.0 Å². The molecule has 4 amide bonds. The highest BCUT2D eigenvalue weighted by Crippen LogP contribution is 2.40. The smallest absolute Gasteiger partial charge is 0.255 e. The first-order valence-corrected chi connectivity index (χ1v) is 11.7. The number of piperidine rings is 1. The van der Waals surface area contributed by atoms with Gasteiger partial charge in [-0.1, -0.05) is 24.1 Å². The molecule has 176 valence electrons. The summed E-state index contributed by atoms with van der Waals surface area (Å²) in [6.07, 6.45) is 3.40. The number of imide groups is 1. The van der Waals surface area contributed by atoms with Gasteiger partial charge in [-0.25, -0.2) is 4.39 Å². The fourth-order valence-corrected chi connectivity index (χ4v) is 5.20. The average molecular weight is 484 g/mol. The van der Waals surface area contributed by atoms with Crippen LogP contribution < -0.4 is 10.6 Å². The fraction of sp³-hybridized carbons (Fsp3) is 0.360. The van der Waals surface area contributed by atoms with Crippen LogP contribution in [-0.2, 0) is 16.1 Å². The number of amides is 4. The quantitative estimate of drug-likeness (QED) is 0.636. The number of hydrogen-bond donors (Lipinski definition) is 2. The van der Waals surface area contributed by atoms with Crippen LogP contribution in [0.15, 0.2) is 36.4 Å². The van der Waals surface area contributed by atoms with Gasteiger partial charge in [-0.3, -0.25) is 24.5 Å². The minimum absolute atomic E-state index is 0.179. The van der Waals surface area contributed by atoms with Crippen molar-refractivity contribution in [3.63, 3.8) is 0 Å². The maximum absolute atomic E-state index is 13.6. The zero-order valence-electron chi connectivity index (χ0n) is 18.3. The van der Waals surface area contributed by atoms with Crippen LogP contribution in [0.4, 0.5) is 4.39 Å². The highest BCUT2D eigenvalue weighted by atomic mass is 35.5. The molecule has 2 heterocycles. The Morgan fingerprint density at radius 2 is 1.91 bits per heavy atom. The van der Waals surface area contributed by atoms with Crippen molar-refractivity contribution >= 4 is 35.2 Å². The van der Waals surface area contributed by atoms with Gasteiger partial charge in [0.05, 0.1) is 6.04 Å². The van der Waals surface area contributed by atoms with Gasteiger partial charge in [0.25, 0.3) is 11.8 Å². The molecule has 9 heteroatoms. The number of fused-ring (bicyclic) bond motifs is 1. The molecular formula is C25H23ClFN3O4. The van der Waals surface area contributed by atoms with Gasteiger partial charge in [-0.05, 0) is 66.6 Å². The lowest BCUT2D eigenvalue weighted by Crippen LogP contribution is -2.52. The van der Waals surface area contributed by atoms with E-state index < -0.39 is 17.8 Å². The Hall–Kier alpha value is -3.26. The number of carbonyl (C=O) groups excluding carboxylic acids is 4. The topological polar surface area (TPSA) is 95.6 Å². The van der Waals surface area contributed by atoms with Crippen molar-refractivity contribution in [2.75, 3.05) is 0 Å². The monoisotopic (exact) mass is 483 g/mol. The molecule has 3 aliphatic rings. The normalized spacial score (nSPS) is 21.1. The summed E-state index contributed by atoms with van der Waals surface area (Å²) < 4.78 is 13.6. The highest BCUT2D eigenvalue weighted by molar-refractivity contribution is 6.31. The molecule has 5 rings (SSSR count). The van der Waals surface area contributed by atoms with Gasteiger partial charge in [0.2, 0.25) is 11.8 Å². The third kappa shape index (κ3) is 4.07. The Morgan fingerprint density at radius 1 is 1.12 bits per heavy atom. The average Bonchev–Trinajstić information content (AvgIpc) is 3.08. The number of nitrogens with zero attached hydrogens (tertiary/aromatic N) is 1. The third-order valence-corrected chi connectivity index (χ3v) is 7.32. The van der Waals surface area contributed by atoms with Gasteiger partial charge in [0.1, 0.15) is 11.9 Å². The van der Waals surface area contributed by atoms with E-state index in [9.17, 15) is 23.6 Å². The second kappa shape index (κ2) is 8.83. The molecule has 0 aromatic heterocycles. The zero-order valence-corrected chi connectivity index (χ0v) is 19.0. The molecule has 0 spiro atoms. The number of nitrogens with one attached hydrogen (secondary N) is 2. The molecule has 34 heavy (non-hydrogen) atoms. The van der Waals surface area contributed by atoms with Crippen molar-refractivity contribution in [1.29, 1.82) is 0 Å². The molecule has 1 saturated carbocycles. The molecule has 2 fully saturated rings. The number of rotatable bonds is 5. The lowest BCUT2D eigenvalue weighted by atomic mass is 9.77. The van der Waals surface area contributed by atoms with Gasteiger partial charge in [-0.15, -0.1) is 0 Å². The van der Waals surface area contributed by atoms with Crippen LogP contribution in [0, 0.1) is 11.7 Å². The van der Waals surface area contributed by atoms with Gasteiger partial charge < -0.3 is 10.2 Å². The summed E-state index contributed by atoms with van der Waals surface area (Å²) in [6.45, 7) is 0.192. The molecule has 0 radical (unpaired) electrons. The van der Waals surface area contributed by atoms with Crippen molar-refractivity contribution in [2.24, 2.45) is 5.92 Å². The van der Waals surface area contributed by atoms with E-state index >= 15 is 0 Å². The minimum Gasteiger partial charge on any atom is -0.345 e. The first-order chi connectivity index (χ1) is 16.3. The van der Waals surface area contributed by atoms with Crippen molar-refractivity contribution in [3.8, 4) is 0 Å². The molecule has 0 bridgehead atoms. The SMILES string of the molecule is O=C1CC[C@H](N2Cc3cc(C(=O)N[C@H](c4ccc(F)cc4Cl)C4CCC4)ccc3C2=O)C(=O)N1. The summed E-state index contributed by atoms with van der Waals surface area (Å²) in [7, 11) is 0. The lowest BCUT2D eigenvalue weighted by molar-refractivity contribution is -0.136. The van der Waals surface area contributed by atoms with Crippen LogP contribution in [0.25, 0.3) is 0 Å². The molecule has 2 aliphatic heterocycles. The van der Waals surface area contributed by atoms with Crippen LogP contribution >= 0.6 is 11.6 Å². The maximum atomic E-state index is 13.6. The van der Waals surface area contributed by atoms with Crippen molar-refractivity contribution < 1.29 is 23.6 Å². The van der Waals surface area contributed by atoms with Crippen molar-refractivity contribution in [1.82, 2.24) is 15.5 Å². The van der Waals surface area contributed by atoms with Gasteiger partial charge in [0.15, 0.2) is 0 Å². The molecule has 2 N–H and O–H groups in total. The first kappa shape index (κ1) is 22.5. The largest absolute Gasteiger partial charge is 0.345 e. The second-order valence-corrected chi connectivity index (χ2v) is 9.49. The van der Waals surface area contributed by atoms with E-state index in [4.69, 9.17) is 11.6 Å². The Balaban J connectivity index is 1.35. The van der Waals surface area contributed by atoms with E-state index in [1.54, 1.807) is 24.3 Å². The van der Waals surface area contributed by atoms with Crippen molar-refractivity contribution in [2.45, 2.75) is 50.7 Å². The van der Waals surface area contributed by atoms with Gasteiger partial charge in [-0.2, -0.15) is 0 Å². The molecule has 0 unspecified atom stereocenters. The van der Waals surface area contributed by atoms with Crippen LogP contribution in [0.5, 0.6) is 0 Å². The van der Waals surface area contributed by atoms with E-state index in [1.807, 2.05) is 0 Å². The summed E-state index contributed by atoms with van der Waals surface area (Å²) in [6, 6.07) is 8.00. The molecule has 1 aliphatic carbocycles. The van der Waals surface area contributed by atoms with Gasteiger partial charge >= 0.3 is 0 Å². The zero-order chi connectivity index (χ0) is 24.0. The number of carbonyl (C=O) groups is 4. The predicted octanol–water partition coefficient (Wildman–Crippen LogP) is 3.51. The Kier molecular flexibility index (Phi) is 5.85. The molecule has 1 saturated heterocycles. The lowest BCUT2D eigenvalue weighted by Gasteiger charge is -2.35. The summed E-state index contributed by atoms with van der Waals surface area (Å²) in [5.41, 5.74) is 2.17. The predicted molar refractivity (Wildman–Crippen MR) is 121 cm³/mol. The number of halogens is 2. The molecule has 2 atom stereocenters. The molecule has 7 nitrogen and oxygen atoms in total. The van der Waals surface area contributed by atoms with Gasteiger partial charge in [0, 0.05) is 29.1 Å². The third-order valence-electron chi connectivity index (χ3n) is 6.99. The van der Waals surface area contributed by atoms with E-state index in [2.05, 4.69) is 10.6 Å². The maximum Gasteiger partial charge on any atom is 0.255 e. The fourth-order valence-electron chi connectivity index (χ4n) is 4.92. The van der Waals surface area contributed by atoms with Crippen LogP contribution in [0.1, 0.15) is 70.0 Å². The summed E-state index contributed by atoms with van der Waals surface area (Å²) in [5.74, 6) is -1.64.